The number of rotatable bonds is 8. The summed E-state index contributed by atoms with van der Waals surface area (Å²) in [7, 11) is 0. The Morgan fingerprint density at radius 3 is 2.82 bits per heavy atom. The van der Waals surface area contributed by atoms with Crippen LogP contribution in [-0.2, 0) is 9.53 Å². The summed E-state index contributed by atoms with van der Waals surface area (Å²) < 4.78 is 5.47. The normalized spacial score (nSPS) is 25.1. The van der Waals surface area contributed by atoms with E-state index in [-0.39, 0.29) is 5.91 Å². The number of carbonyl (C=O) groups is 1. The lowest BCUT2D eigenvalue weighted by Gasteiger charge is -2.34. The number of nitrogens with one attached hydrogen (secondary N) is 1. The van der Waals surface area contributed by atoms with Crippen LogP contribution >= 0.6 is 0 Å². The molecule has 1 saturated carbocycles. The Balaban J connectivity index is 2.03. The van der Waals surface area contributed by atoms with E-state index in [0.29, 0.717) is 30.9 Å². The van der Waals surface area contributed by atoms with Gasteiger partial charge in [-0.2, -0.15) is 0 Å². The summed E-state index contributed by atoms with van der Waals surface area (Å²) in [5, 5.41) is 2.98. The third-order valence-electron chi connectivity index (χ3n) is 3.38. The lowest BCUT2D eigenvalue weighted by Crippen LogP contribution is -2.37. The fourth-order valence-electron chi connectivity index (χ4n) is 2.22. The number of nitrogens with two attached hydrogens (primary N) is 1. The summed E-state index contributed by atoms with van der Waals surface area (Å²) in [5.74, 6) is 1.17. The SMILES string of the molecule is CCOC1CC(CC(=O)NCC(C)CCN)C1. The molecule has 0 saturated heterocycles. The van der Waals surface area contributed by atoms with Crippen LogP contribution < -0.4 is 11.1 Å². The molecule has 0 aromatic carbocycles. The number of ether oxygens (including phenoxy) is 1. The molecule has 4 heteroatoms. The number of hydrogen-bond acceptors (Lipinski definition) is 3. The van der Waals surface area contributed by atoms with Gasteiger partial charge < -0.3 is 15.8 Å². The Bertz CT molecular complexity index is 227. The lowest BCUT2D eigenvalue weighted by molar-refractivity contribution is -0.124. The maximum Gasteiger partial charge on any atom is 0.220 e. The highest BCUT2D eigenvalue weighted by molar-refractivity contribution is 5.76. The van der Waals surface area contributed by atoms with Gasteiger partial charge in [-0.3, -0.25) is 4.79 Å². The van der Waals surface area contributed by atoms with E-state index < -0.39 is 0 Å². The van der Waals surface area contributed by atoms with Crippen LogP contribution in [0.1, 0.15) is 39.5 Å². The lowest BCUT2D eigenvalue weighted by atomic mass is 9.80. The van der Waals surface area contributed by atoms with Crippen molar-refractivity contribution in [3.63, 3.8) is 0 Å². The Morgan fingerprint density at radius 1 is 1.53 bits per heavy atom. The van der Waals surface area contributed by atoms with Crippen LogP contribution in [0.2, 0.25) is 0 Å². The van der Waals surface area contributed by atoms with Crippen molar-refractivity contribution < 1.29 is 9.53 Å². The molecular weight excluding hydrogens is 216 g/mol. The van der Waals surface area contributed by atoms with E-state index in [1.807, 2.05) is 6.92 Å². The molecule has 4 nitrogen and oxygen atoms in total. The van der Waals surface area contributed by atoms with Crippen molar-refractivity contribution in [1.82, 2.24) is 5.32 Å². The predicted octanol–water partition coefficient (Wildman–Crippen LogP) is 1.29. The number of hydrogen-bond donors (Lipinski definition) is 2. The van der Waals surface area contributed by atoms with E-state index in [0.717, 1.165) is 32.4 Å². The van der Waals surface area contributed by atoms with Crippen LogP contribution in [0.4, 0.5) is 0 Å². The third-order valence-corrected chi connectivity index (χ3v) is 3.38. The van der Waals surface area contributed by atoms with Gasteiger partial charge in [0.05, 0.1) is 6.10 Å². The van der Waals surface area contributed by atoms with E-state index in [2.05, 4.69) is 12.2 Å². The van der Waals surface area contributed by atoms with Crippen molar-refractivity contribution >= 4 is 5.91 Å². The molecule has 1 aliphatic rings. The van der Waals surface area contributed by atoms with Gasteiger partial charge in [0.1, 0.15) is 0 Å². The molecule has 0 heterocycles. The van der Waals surface area contributed by atoms with Gasteiger partial charge in [0.15, 0.2) is 0 Å². The largest absolute Gasteiger partial charge is 0.378 e. The summed E-state index contributed by atoms with van der Waals surface area (Å²) in [6, 6.07) is 0. The van der Waals surface area contributed by atoms with Gasteiger partial charge in [-0.25, -0.2) is 0 Å². The van der Waals surface area contributed by atoms with Crippen LogP contribution in [0.3, 0.4) is 0 Å². The molecule has 1 amide bonds. The first-order chi connectivity index (χ1) is 8.15. The molecule has 0 spiro atoms. The van der Waals surface area contributed by atoms with Gasteiger partial charge in [-0.05, 0) is 44.6 Å². The molecule has 100 valence electrons. The van der Waals surface area contributed by atoms with Crippen LogP contribution in [0.25, 0.3) is 0 Å². The highest BCUT2D eigenvalue weighted by Gasteiger charge is 2.30. The highest BCUT2D eigenvalue weighted by Crippen LogP contribution is 2.32. The maximum absolute atomic E-state index is 11.6. The van der Waals surface area contributed by atoms with E-state index in [1.54, 1.807) is 0 Å². The second kappa shape index (κ2) is 7.67. The first kappa shape index (κ1) is 14.5. The molecule has 1 aliphatic carbocycles. The van der Waals surface area contributed by atoms with E-state index in [9.17, 15) is 4.79 Å². The standard InChI is InChI=1S/C13H26N2O2/c1-3-17-12-6-11(7-12)8-13(16)15-9-10(2)4-5-14/h10-12H,3-9,14H2,1-2H3,(H,15,16). The summed E-state index contributed by atoms with van der Waals surface area (Å²) >= 11 is 0. The fourth-order valence-corrected chi connectivity index (χ4v) is 2.22. The van der Waals surface area contributed by atoms with Gasteiger partial charge in [-0.15, -0.1) is 0 Å². The fraction of sp³-hybridized carbons (Fsp3) is 0.923. The van der Waals surface area contributed by atoms with Gasteiger partial charge in [0, 0.05) is 19.6 Å². The van der Waals surface area contributed by atoms with Crippen molar-refractivity contribution in [2.75, 3.05) is 19.7 Å². The zero-order chi connectivity index (χ0) is 12.7. The number of carbonyl (C=O) groups excluding carboxylic acids is 1. The topological polar surface area (TPSA) is 64.3 Å². The quantitative estimate of drug-likeness (QED) is 0.674. The van der Waals surface area contributed by atoms with E-state index >= 15 is 0 Å². The molecule has 3 N–H and O–H groups in total. The van der Waals surface area contributed by atoms with Crippen LogP contribution in [0, 0.1) is 11.8 Å². The second-order valence-electron chi connectivity index (χ2n) is 5.11. The first-order valence-electron chi connectivity index (χ1n) is 6.74. The average molecular weight is 242 g/mol. The Kier molecular flexibility index (Phi) is 6.52. The third kappa shape index (κ3) is 5.50. The summed E-state index contributed by atoms with van der Waals surface area (Å²) in [6.45, 7) is 6.34. The Morgan fingerprint density at radius 2 is 2.24 bits per heavy atom. The van der Waals surface area contributed by atoms with Crippen LogP contribution in [-0.4, -0.2) is 31.7 Å². The molecule has 1 unspecified atom stereocenters. The maximum atomic E-state index is 11.6. The van der Waals surface area contributed by atoms with E-state index in [1.165, 1.54) is 0 Å². The van der Waals surface area contributed by atoms with E-state index in [4.69, 9.17) is 10.5 Å². The van der Waals surface area contributed by atoms with Crippen LogP contribution in [0.15, 0.2) is 0 Å². The first-order valence-corrected chi connectivity index (χ1v) is 6.74. The molecule has 0 radical (unpaired) electrons. The summed E-state index contributed by atoms with van der Waals surface area (Å²) in [5.41, 5.74) is 5.46. The molecule has 17 heavy (non-hydrogen) atoms. The van der Waals surface area contributed by atoms with Gasteiger partial charge in [0.2, 0.25) is 5.91 Å². The zero-order valence-electron chi connectivity index (χ0n) is 11.1. The van der Waals surface area contributed by atoms with Crippen molar-refractivity contribution in [3.8, 4) is 0 Å². The molecule has 0 aromatic heterocycles. The molecule has 1 rings (SSSR count). The monoisotopic (exact) mass is 242 g/mol. The number of amides is 1. The highest BCUT2D eigenvalue weighted by atomic mass is 16.5. The summed E-state index contributed by atoms with van der Waals surface area (Å²) in [6.07, 6.45) is 4.10. The van der Waals surface area contributed by atoms with Crippen molar-refractivity contribution in [1.29, 1.82) is 0 Å². The Hall–Kier alpha value is -0.610. The molecule has 0 aliphatic heterocycles. The van der Waals surface area contributed by atoms with Gasteiger partial charge in [0.25, 0.3) is 0 Å². The van der Waals surface area contributed by atoms with Gasteiger partial charge in [-0.1, -0.05) is 6.92 Å². The second-order valence-corrected chi connectivity index (χ2v) is 5.11. The van der Waals surface area contributed by atoms with Crippen molar-refractivity contribution in [3.05, 3.63) is 0 Å². The van der Waals surface area contributed by atoms with Crippen molar-refractivity contribution in [2.45, 2.75) is 45.6 Å². The smallest absolute Gasteiger partial charge is 0.220 e. The average Bonchev–Trinajstić information content (AvgIpc) is 2.24. The zero-order valence-corrected chi connectivity index (χ0v) is 11.1. The summed E-state index contributed by atoms with van der Waals surface area (Å²) in [4.78, 5) is 11.6. The van der Waals surface area contributed by atoms with Crippen LogP contribution in [0.5, 0.6) is 0 Å². The molecule has 1 atom stereocenters. The van der Waals surface area contributed by atoms with Crippen molar-refractivity contribution in [2.24, 2.45) is 17.6 Å². The molecule has 0 bridgehead atoms. The minimum Gasteiger partial charge on any atom is -0.378 e. The minimum atomic E-state index is 0.175. The van der Waals surface area contributed by atoms with Gasteiger partial charge >= 0.3 is 0 Å². The predicted molar refractivity (Wildman–Crippen MR) is 68.6 cm³/mol. The molecule has 0 aromatic rings. The molecule has 1 fully saturated rings. The molecular formula is C13H26N2O2. The minimum absolute atomic E-state index is 0.175. The Labute approximate surface area is 104 Å².